The molecular weight excluding hydrogens is 672 g/mol. The van der Waals surface area contributed by atoms with E-state index >= 15 is 0 Å². The van der Waals surface area contributed by atoms with Crippen molar-refractivity contribution in [2.24, 2.45) is 4.99 Å². The second kappa shape index (κ2) is 13.0. The Labute approximate surface area is 268 Å². The van der Waals surface area contributed by atoms with Crippen LogP contribution in [0, 0.1) is 0 Å². The third-order valence-electron chi connectivity index (χ3n) is 8.02. The molecule has 8 heteroatoms. The lowest BCUT2D eigenvalue weighted by Crippen LogP contribution is -2.53. The quantitative estimate of drug-likeness (QED) is 0.179. The maximum atomic E-state index is 14.7. The molecule has 0 saturated carbocycles. The third-order valence-corrected chi connectivity index (χ3v) is 9.52. The van der Waals surface area contributed by atoms with Gasteiger partial charge in [0.25, 0.3) is 5.91 Å². The van der Waals surface area contributed by atoms with E-state index in [0.29, 0.717) is 31.1 Å². The molecule has 0 radical (unpaired) electrons. The minimum absolute atomic E-state index is 0.0320. The van der Waals surface area contributed by atoms with Crippen LogP contribution in [0.15, 0.2) is 111 Å². The van der Waals surface area contributed by atoms with Crippen molar-refractivity contribution in [3.8, 4) is 5.75 Å². The average molecular weight is 704 g/mol. The number of aliphatic imine (C=N–C) groups is 1. The first-order valence-electron chi connectivity index (χ1n) is 14.4. The van der Waals surface area contributed by atoms with Gasteiger partial charge in [-0.2, -0.15) is 0 Å². The summed E-state index contributed by atoms with van der Waals surface area (Å²) >= 11 is 7.43. The number of halogens is 2. The summed E-state index contributed by atoms with van der Waals surface area (Å²) in [4.78, 5) is 19.9. The lowest BCUT2D eigenvalue weighted by atomic mass is 9.81. The van der Waals surface area contributed by atoms with Crippen molar-refractivity contribution in [3.63, 3.8) is 0 Å². The lowest BCUT2D eigenvalue weighted by molar-refractivity contribution is -0.129. The van der Waals surface area contributed by atoms with Crippen LogP contribution in [-0.2, 0) is 28.8 Å². The van der Waals surface area contributed by atoms with Crippen LogP contribution in [0.4, 0.5) is 0 Å². The number of hydrogen-bond acceptors (Lipinski definition) is 5. The molecule has 2 atom stereocenters. The first-order valence-corrected chi connectivity index (χ1v) is 16.0. The SMILES string of the molecule is O=C(NC1Cc2ccccc2C1)[C@]1(Cc2ccccc2Br)N=C(c2ccc(OCCCO)cc2)O[C@@H]1c1ccccc1Br. The van der Waals surface area contributed by atoms with E-state index in [4.69, 9.17) is 19.6 Å². The number of aliphatic hydroxyl groups is 1. The normalized spacial score (nSPS) is 19.4. The van der Waals surface area contributed by atoms with Gasteiger partial charge < -0.3 is 19.9 Å². The Morgan fingerprint density at radius 2 is 1.56 bits per heavy atom. The molecule has 0 bridgehead atoms. The zero-order valence-corrected chi connectivity index (χ0v) is 26.7. The average Bonchev–Trinajstić information content (AvgIpc) is 3.61. The van der Waals surface area contributed by atoms with Crippen LogP contribution in [0.1, 0.15) is 40.3 Å². The smallest absolute Gasteiger partial charge is 0.252 e. The zero-order chi connectivity index (χ0) is 29.8. The van der Waals surface area contributed by atoms with Crippen molar-refractivity contribution in [1.29, 1.82) is 0 Å². The number of rotatable bonds is 10. The van der Waals surface area contributed by atoms with E-state index < -0.39 is 11.6 Å². The number of benzene rings is 4. The molecule has 0 spiro atoms. The van der Waals surface area contributed by atoms with Gasteiger partial charge in [-0.05, 0) is 65.9 Å². The predicted octanol–water partition coefficient (Wildman–Crippen LogP) is 6.76. The van der Waals surface area contributed by atoms with E-state index in [1.807, 2.05) is 84.9 Å². The number of carbonyl (C=O) groups is 1. The highest BCUT2D eigenvalue weighted by atomic mass is 79.9. The summed E-state index contributed by atoms with van der Waals surface area (Å²) in [6, 6.07) is 31.6. The van der Waals surface area contributed by atoms with E-state index in [1.54, 1.807) is 0 Å². The highest BCUT2D eigenvalue weighted by molar-refractivity contribution is 9.10. The van der Waals surface area contributed by atoms with Crippen LogP contribution in [0.25, 0.3) is 0 Å². The van der Waals surface area contributed by atoms with Gasteiger partial charge in [-0.15, -0.1) is 0 Å². The number of nitrogens with zero attached hydrogens (tertiary/aromatic N) is 1. The Morgan fingerprint density at radius 3 is 2.23 bits per heavy atom. The molecule has 6 rings (SSSR count). The Kier molecular flexibility index (Phi) is 8.98. The molecule has 0 unspecified atom stereocenters. The van der Waals surface area contributed by atoms with Gasteiger partial charge in [0, 0.05) is 45.6 Å². The zero-order valence-electron chi connectivity index (χ0n) is 23.5. The van der Waals surface area contributed by atoms with Crippen molar-refractivity contribution in [2.45, 2.75) is 43.4 Å². The van der Waals surface area contributed by atoms with E-state index in [1.165, 1.54) is 11.1 Å². The molecule has 220 valence electrons. The standard InChI is InChI=1S/C35H32Br2N2O4/c36-30-12-5-3-10-26(30)22-35(34(41)38-27-20-24-8-1-2-9-25(24)21-27)32(29-11-4-6-13-31(29)37)43-33(39-35)23-14-16-28(17-15-23)42-19-7-18-40/h1-6,8-17,27,32,40H,7,18-22H2,(H,38,41)/t32-,35-/m1/s1. The summed E-state index contributed by atoms with van der Waals surface area (Å²) in [7, 11) is 0. The van der Waals surface area contributed by atoms with Crippen LogP contribution in [0.3, 0.4) is 0 Å². The van der Waals surface area contributed by atoms with Gasteiger partial charge in [0.15, 0.2) is 11.6 Å². The summed E-state index contributed by atoms with van der Waals surface area (Å²) in [5.74, 6) is 0.927. The molecule has 2 N–H and O–H groups in total. The fraction of sp³-hybridized carbons (Fsp3) is 0.257. The van der Waals surface area contributed by atoms with Crippen molar-refractivity contribution in [3.05, 3.63) is 134 Å². The van der Waals surface area contributed by atoms with E-state index in [0.717, 1.165) is 38.5 Å². The molecule has 1 aliphatic carbocycles. The Balaban J connectivity index is 1.41. The van der Waals surface area contributed by atoms with Crippen molar-refractivity contribution >= 4 is 43.7 Å². The largest absolute Gasteiger partial charge is 0.494 e. The number of carbonyl (C=O) groups excluding carboxylic acids is 1. The number of hydrogen-bond donors (Lipinski definition) is 2. The van der Waals surface area contributed by atoms with Crippen molar-refractivity contribution < 1.29 is 19.4 Å². The fourth-order valence-corrected chi connectivity index (χ4v) is 6.77. The number of nitrogens with one attached hydrogen (secondary N) is 1. The minimum atomic E-state index is -1.28. The maximum Gasteiger partial charge on any atom is 0.252 e. The van der Waals surface area contributed by atoms with E-state index in [-0.39, 0.29) is 18.6 Å². The van der Waals surface area contributed by atoms with Crippen LogP contribution in [0.5, 0.6) is 5.75 Å². The van der Waals surface area contributed by atoms with Gasteiger partial charge in [-0.3, -0.25) is 4.79 Å². The summed E-state index contributed by atoms with van der Waals surface area (Å²) in [5.41, 5.74) is 3.81. The Hall–Kier alpha value is -3.46. The molecule has 0 saturated heterocycles. The number of fused-ring (bicyclic) bond motifs is 1. The van der Waals surface area contributed by atoms with Gasteiger partial charge in [0.05, 0.1) is 6.61 Å². The van der Waals surface area contributed by atoms with Crippen molar-refractivity contribution in [2.75, 3.05) is 13.2 Å². The van der Waals surface area contributed by atoms with Crippen LogP contribution in [-0.4, -0.2) is 41.7 Å². The number of amides is 1. The molecule has 4 aromatic rings. The lowest BCUT2D eigenvalue weighted by Gasteiger charge is -2.32. The maximum absolute atomic E-state index is 14.7. The van der Waals surface area contributed by atoms with Gasteiger partial charge in [0.2, 0.25) is 5.90 Å². The Bertz CT molecular complexity index is 1620. The first kappa shape index (κ1) is 29.6. The second-order valence-corrected chi connectivity index (χ2v) is 12.6. The molecule has 43 heavy (non-hydrogen) atoms. The van der Waals surface area contributed by atoms with Gasteiger partial charge in [0.1, 0.15) is 5.75 Å². The highest BCUT2D eigenvalue weighted by Gasteiger charge is 2.54. The highest BCUT2D eigenvalue weighted by Crippen LogP contribution is 2.45. The summed E-state index contributed by atoms with van der Waals surface area (Å²) in [5, 5.41) is 12.5. The molecule has 1 amide bonds. The molecule has 0 aromatic heterocycles. The molecular formula is C35H32Br2N2O4. The van der Waals surface area contributed by atoms with Crippen molar-refractivity contribution in [1.82, 2.24) is 5.32 Å². The first-order chi connectivity index (χ1) is 21.0. The molecule has 1 heterocycles. The minimum Gasteiger partial charge on any atom is -0.494 e. The van der Waals surface area contributed by atoms with E-state index in [9.17, 15) is 4.79 Å². The van der Waals surface area contributed by atoms with Crippen LogP contribution < -0.4 is 10.1 Å². The second-order valence-electron chi connectivity index (χ2n) is 10.9. The van der Waals surface area contributed by atoms with Gasteiger partial charge in [-0.1, -0.05) is 92.5 Å². The number of aliphatic hydroxyl groups excluding tert-OH is 1. The Morgan fingerprint density at radius 1 is 0.907 bits per heavy atom. The number of ether oxygens (including phenoxy) is 2. The summed E-state index contributed by atoms with van der Waals surface area (Å²) < 4.78 is 14.2. The topological polar surface area (TPSA) is 80.2 Å². The third kappa shape index (κ3) is 6.28. The van der Waals surface area contributed by atoms with Crippen LogP contribution >= 0.6 is 31.9 Å². The summed E-state index contributed by atoms with van der Waals surface area (Å²) in [6.45, 7) is 0.505. The monoisotopic (exact) mass is 702 g/mol. The fourth-order valence-electron chi connectivity index (χ4n) is 5.85. The van der Waals surface area contributed by atoms with E-state index in [2.05, 4.69) is 49.3 Å². The summed E-state index contributed by atoms with van der Waals surface area (Å²) in [6.07, 6.45) is 1.76. The van der Waals surface area contributed by atoms with Gasteiger partial charge in [-0.25, -0.2) is 4.99 Å². The molecule has 0 fully saturated rings. The molecule has 6 nitrogen and oxygen atoms in total. The molecule has 4 aromatic carbocycles. The predicted molar refractivity (Wildman–Crippen MR) is 175 cm³/mol. The van der Waals surface area contributed by atoms with Crippen LogP contribution in [0.2, 0.25) is 0 Å². The molecule has 1 aliphatic heterocycles. The van der Waals surface area contributed by atoms with Gasteiger partial charge >= 0.3 is 0 Å². The molecule has 2 aliphatic rings.